The van der Waals surface area contributed by atoms with Crippen LogP contribution in [0, 0.1) is 5.92 Å². The molecule has 0 spiro atoms. The summed E-state index contributed by atoms with van der Waals surface area (Å²) in [6.07, 6.45) is 0.907. The van der Waals surface area contributed by atoms with Crippen molar-refractivity contribution < 1.29 is 18.9 Å². The molecule has 3 amide bonds. The average molecular weight is 384 g/mol. The Morgan fingerprint density at radius 1 is 1.25 bits per heavy atom. The molecule has 1 aromatic rings. The van der Waals surface area contributed by atoms with Gasteiger partial charge in [-0.05, 0) is 30.2 Å². The van der Waals surface area contributed by atoms with Gasteiger partial charge in [-0.15, -0.1) is 0 Å². The van der Waals surface area contributed by atoms with Gasteiger partial charge in [0.05, 0.1) is 20.2 Å². The zero-order valence-corrected chi connectivity index (χ0v) is 16.8. The van der Waals surface area contributed by atoms with E-state index in [1.165, 1.54) is 9.80 Å². The van der Waals surface area contributed by atoms with Gasteiger partial charge in [0.15, 0.2) is 0 Å². The van der Waals surface area contributed by atoms with Crippen LogP contribution in [-0.2, 0) is 4.79 Å². The van der Waals surface area contributed by atoms with E-state index in [9.17, 15) is 9.59 Å². The monoisotopic (exact) mass is 384 g/mol. The number of ether oxygens (including phenoxy) is 1. The molecule has 8 heteroatoms. The van der Waals surface area contributed by atoms with E-state index < -0.39 is 6.04 Å². The maximum atomic E-state index is 13.2. The van der Waals surface area contributed by atoms with E-state index in [0.717, 1.165) is 36.9 Å². The van der Waals surface area contributed by atoms with Gasteiger partial charge in [-0.2, -0.15) is 0 Å². The Morgan fingerprint density at radius 3 is 2.61 bits per heavy atom. The Balaban J connectivity index is 1.72. The minimum atomic E-state index is -0.530. The van der Waals surface area contributed by atoms with Crippen molar-refractivity contribution in [2.75, 3.05) is 38.7 Å². The van der Waals surface area contributed by atoms with E-state index in [0.29, 0.717) is 12.4 Å². The lowest BCUT2D eigenvalue weighted by molar-refractivity contribution is -0.539. The fourth-order valence-corrected chi connectivity index (χ4v) is 3.99. The molecule has 1 unspecified atom stereocenters. The highest BCUT2D eigenvalue weighted by Gasteiger charge is 2.54. The number of carbonyl (C=O) groups is 2. The van der Waals surface area contributed by atoms with Gasteiger partial charge in [0.25, 0.3) is 5.91 Å². The number of amidine groups is 1. The Hall–Kier alpha value is -2.90. The Labute approximate surface area is 164 Å². The average Bonchev–Trinajstić information content (AvgIpc) is 3.09. The van der Waals surface area contributed by atoms with Crippen molar-refractivity contribution in [3.05, 3.63) is 24.3 Å². The SMILES string of the molecule is COc1ccc(N2CCC[N+]3=C2N=C2C3C(=O)N(CC(C)C)C(=O)N2C)cc1. The van der Waals surface area contributed by atoms with Gasteiger partial charge in [-0.25, -0.2) is 14.3 Å². The molecular formula is C20H26N5O3+. The van der Waals surface area contributed by atoms with E-state index in [2.05, 4.69) is 4.90 Å². The van der Waals surface area contributed by atoms with Crippen LogP contribution in [0.3, 0.4) is 0 Å². The highest BCUT2D eigenvalue weighted by molar-refractivity contribution is 6.24. The first kappa shape index (κ1) is 18.5. The van der Waals surface area contributed by atoms with Crippen molar-refractivity contribution in [2.45, 2.75) is 26.3 Å². The first-order valence-electron chi connectivity index (χ1n) is 9.65. The molecule has 0 bridgehead atoms. The van der Waals surface area contributed by atoms with Crippen LogP contribution in [0.15, 0.2) is 29.3 Å². The molecule has 1 atom stereocenters. The third-order valence-corrected chi connectivity index (χ3v) is 5.34. The number of hydrogen-bond donors (Lipinski definition) is 0. The summed E-state index contributed by atoms with van der Waals surface area (Å²) in [5, 5.41) is 0. The number of aliphatic imine (C=N–C) groups is 1. The molecular weight excluding hydrogens is 358 g/mol. The van der Waals surface area contributed by atoms with Gasteiger partial charge >= 0.3 is 12.0 Å². The summed E-state index contributed by atoms with van der Waals surface area (Å²) >= 11 is 0. The smallest absolute Gasteiger partial charge is 0.397 e. The lowest BCUT2D eigenvalue weighted by Crippen LogP contribution is -2.63. The van der Waals surface area contributed by atoms with Crippen LogP contribution >= 0.6 is 0 Å². The number of urea groups is 1. The Bertz CT molecular complexity index is 874. The van der Waals surface area contributed by atoms with Gasteiger partial charge in [0.1, 0.15) is 11.4 Å². The molecule has 3 aliphatic rings. The van der Waals surface area contributed by atoms with E-state index in [4.69, 9.17) is 9.73 Å². The second-order valence-electron chi connectivity index (χ2n) is 7.75. The van der Waals surface area contributed by atoms with Gasteiger partial charge in [-0.1, -0.05) is 18.8 Å². The molecule has 4 rings (SSSR count). The summed E-state index contributed by atoms with van der Waals surface area (Å²) in [7, 11) is 3.34. The summed E-state index contributed by atoms with van der Waals surface area (Å²) in [6, 6.07) is 6.96. The van der Waals surface area contributed by atoms with Crippen molar-refractivity contribution in [1.29, 1.82) is 0 Å². The second kappa shape index (κ2) is 6.92. The largest absolute Gasteiger partial charge is 0.497 e. The van der Waals surface area contributed by atoms with Crippen molar-refractivity contribution >= 4 is 29.4 Å². The van der Waals surface area contributed by atoms with Gasteiger partial charge < -0.3 is 4.74 Å². The number of anilines is 1. The summed E-state index contributed by atoms with van der Waals surface area (Å²) in [4.78, 5) is 35.7. The molecule has 0 saturated carbocycles. The Morgan fingerprint density at radius 2 is 1.96 bits per heavy atom. The molecule has 0 N–H and O–H groups in total. The highest BCUT2D eigenvalue weighted by atomic mass is 16.5. The van der Waals surface area contributed by atoms with Gasteiger partial charge in [0, 0.05) is 20.0 Å². The van der Waals surface area contributed by atoms with Crippen LogP contribution in [0.2, 0.25) is 0 Å². The van der Waals surface area contributed by atoms with Crippen molar-refractivity contribution in [1.82, 2.24) is 9.80 Å². The highest BCUT2D eigenvalue weighted by Crippen LogP contribution is 2.27. The van der Waals surface area contributed by atoms with E-state index in [1.54, 1.807) is 14.2 Å². The molecule has 8 nitrogen and oxygen atoms in total. The molecule has 0 radical (unpaired) electrons. The molecule has 0 aliphatic carbocycles. The first-order valence-corrected chi connectivity index (χ1v) is 9.65. The van der Waals surface area contributed by atoms with Crippen molar-refractivity contribution in [2.24, 2.45) is 10.9 Å². The number of methoxy groups -OCH3 is 1. The van der Waals surface area contributed by atoms with Gasteiger partial charge in [0.2, 0.25) is 11.9 Å². The number of rotatable bonds is 4. The van der Waals surface area contributed by atoms with E-state index in [-0.39, 0.29) is 17.9 Å². The van der Waals surface area contributed by atoms with E-state index >= 15 is 0 Å². The molecule has 148 valence electrons. The predicted octanol–water partition coefficient (Wildman–Crippen LogP) is 1.60. The van der Waals surface area contributed by atoms with Crippen LogP contribution in [0.1, 0.15) is 20.3 Å². The number of likely N-dealkylation sites (N-methyl/N-ethyl adjacent to an activating group) is 1. The normalized spacial score (nSPS) is 22.0. The lowest BCUT2D eigenvalue weighted by atomic mass is 10.1. The molecule has 0 aromatic heterocycles. The number of nitrogens with zero attached hydrogens (tertiary/aromatic N) is 5. The van der Waals surface area contributed by atoms with Crippen LogP contribution in [0.4, 0.5) is 10.5 Å². The number of fused-ring (bicyclic) bond motifs is 2. The van der Waals surface area contributed by atoms with Crippen LogP contribution < -0.4 is 9.64 Å². The number of hydrogen-bond acceptors (Lipinski definition) is 5. The molecule has 3 heterocycles. The Kier molecular flexibility index (Phi) is 4.56. The number of imide groups is 1. The van der Waals surface area contributed by atoms with Crippen LogP contribution in [0.5, 0.6) is 5.75 Å². The summed E-state index contributed by atoms with van der Waals surface area (Å²) in [5.74, 6) is 2.07. The van der Waals surface area contributed by atoms with Crippen LogP contribution in [-0.4, -0.2) is 77.9 Å². The predicted molar refractivity (Wildman–Crippen MR) is 106 cm³/mol. The number of benzene rings is 1. The van der Waals surface area contributed by atoms with E-state index in [1.807, 2.05) is 42.7 Å². The maximum absolute atomic E-state index is 13.2. The quantitative estimate of drug-likeness (QED) is 0.740. The summed E-state index contributed by atoms with van der Waals surface area (Å²) < 4.78 is 7.28. The third-order valence-electron chi connectivity index (χ3n) is 5.34. The van der Waals surface area contributed by atoms with Crippen molar-refractivity contribution in [3.8, 4) is 5.75 Å². The first-order chi connectivity index (χ1) is 13.4. The molecule has 3 aliphatic heterocycles. The second-order valence-corrected chi connectivity index (χ2v) is 7.75. The summed E-state index contributed by atoms with van der Waals surface area (Å²) in [5.41, 5.74) is 0.990. The fourth-order valence-electron chi connectivity index (χ4n) is 3.99. The molecule has 1 saturated heterocycles. The topological polar surface area (TPSA) is 68.5 Å². The standard InChI is InChI=1S/C20H26N5O3/c1-13(2)12-25-18(26)16-17(22(3)20(25)27)21-19-23(10-5-11-24(16)19)14-6-8-15(28-4)9-7-14/h6-9,13,16H,5,10-12H2,1-4H3/q+1. The molecule has 1 fully saturated rings. The zero-order chi connectivity index (χ0) is 20.0. The van der Waals surface area contributed by atoms with Crippen LogP contribution in [0.25, 0.3) is 0 Å². The molecule has 28 heavy (non-hydrogen) atoms. The molecule has 1 aromatic carbocycles. The number of guanidine groups is 1. The number of amides is 3. The summed E-state index contributed by atoms with van der Waals surface area (Å²) in [6.45, 7) is 5.97. The lowest BCUT2D eigenvalue weighted by Gasteiger charge is -2.35. The minimum Gasteiger partial charge on any atom is -0.497 e. The van der Waals surface area contributed by atoms with Gasteiger partial charge in [-0.3, -0.25) is 14.6 Å². The zero-order valence-electron chi connectivity index (χ0n) is 16.8. The third kappa shape index (κ3) is 2.83. The minimum absolute atomic E-state index is 0.179. The maximum Gasteiger partial charge on any atom is 0.397 e. The number of carbonyl (C=O) groups excluding carboxylic acids is 2. The fraction of sp³-hybridized carbons (Fsp3) is 0.500. The van der Waals surface area contributed by atoms with Crippen molar-refractivity contribution in [3.63, 3.8) is 0 Å².